The minimum atomic E-state index is -0.684. The molecule has 3 nitrogen and oxygen atoms in total. The number of nitrogens with two attached hydrogens (primary N) is 1. The highest BCUT2D eigenvalue weighted by molar-refractivity contribution is 5.83. The van der Waals surface area contributed by atoms with E-state index in [1.807, 2.05) is 40.7 Å². The van der Waals surface area contributed by atoms with Crippen molar-refractivity contribution in [3.63, 3.8) is 0 Å². The van der Waals surface area contributed by atoms with Gasteiger partial charge in [0.05, 0.1) is 5.41 Å². The van der Waals surface area contributed by atoms with Gasteiger partial charge in [0.2, 0.25) is 5.91 Å². The molecule has 0 aliphatic heterocycles. The van der Waals surface area contributed by atoms with Crippen LogP contribution >= 0.6 is 0 Å². The van der Waals surface area contributed by atoms with Crippen LogP contribution in [0.3, 0.4) is 0 Å². The van der Waals surface area contributed by atoms with Crippen molar-refractivity contribution in [2.24, 2.45) is 11.1 Å². The maximum atomic E-state index is 13.2. The smallest absolute Gasteiger partial charge is 0.230 e. The van der Waals surface area contributed by atoms with Gasteiger partial charge in [-0.2, -0.15) is 0 Å². The van der Waals surface area contributed by atoms with Crippen molar-refractivity contribution in [3.8, 4) is 0 Å². The minimum absolute atomic E-state index is 0.0169. The van der Waals surface area contributed by atoms with E-state index in [0.29, 0.717) is 13.1 Å². The van der Waals surface area contributed by atoms with E-state index in [-0.39, 0.29) is 11.7 Å². The van der Waals surface area contributed by atoms with Crippen LogP contribution in [-0.4, -0.2) is 22.9 Å². The number of hydrogen-bond donors (Lipinski definition) is 1. The molecule has 0 fully saturated rings. The summed E-state index contributed by atoms with van der Waals surface area (Å²) in [6.07, 6.45) is 0. The molecule has 112 valence electrons. The van der Waals surface area contributed by atoms with E-state index in [4.69, 9.17) is 5.73 Å². The van der Waals surface area contributed by atoms with Gasteiger partial charge in [-0.25, -0.2) is 4.39 Å². The Bertz CT molecular complexity index is 478. The Morgan fingerprint density at radius 1 is 1.30 bits per heavy atom. The molecule has 1 amide bonds. The fourth-order valence-corrected chi connectivity index (χ4v) is 1.85. The lowest BCUT2D eigenvalue weighted by Crippen LogP contribution is -2.56. The molecule has 0 aromatic heterocycles. The third-order valence-corrected chi connectivity index (χ3v) is 4.08. The van der Waals surface area contributed by atoms with Crippen molar-refractivity contribution in [1.29, 1.82) is 0 Å². The quantitative estimate of drug-likeness (QED) is 0.901. The number of carbonyl (C=O) groups excluding carboxylic acids is 1. The lowest BCUT2D eigenvalue weighted by molar-refractivity contribution is -0.144. The van der Waals surface area contributed by atoms with E-state index >= 15 is 0 Å². The maximum absolute atomic E-state index is 13.2. The molecule has 4 heteroatoms. The van der Waals surface area contributed by atoms with E-state index in [0.717, 1.165) is 5.56 Å². The molecule has 0 atom stereocenters. The number of hydrogen-bond acceptors (Lipinski definition) is 2. The largest absolute Gasteiger partial charge is 0.338 e. The number of amides is 1. The zero-order chi connectivity index (χ0) is 15.6. The van der Waals surface area contributed by atoms with Crippen molar-refractivity contribution in [2.45, 2.75) is 46.7 Å². The van der Waals surface area contributed by atoms with E-state index in [9.17, 15) is 9.18 Å². The Hall–Kier alpha value is -1.42. The SMILES string of the molecule is CCN(Cc1cccc(F)c1)C(=O)C(C)(C)C(C)(C)N. The van der Waals surface area contributed by atoms with E-state index in [1.54, 1.807) is 11.0 Å². The van der Waals surface area contributed by atoms with Crippen LogP contribution in [0, 0.1) is 11.2 Å². The second-order valence-corrected chi connectivity index (χ2v) is 6.30. The summed E-state index contributed by atoms with van der Waals surface area (Å²) in [5, 5.41) is 0. The molecule has 0 spiro atoms. The van der Waals surface area contributed by atoms with Gasteiger partial charge in [-0.3, -0.25) is 4.79 Å². The monoisotopic (exact) mass is 280 g/mol. The lowest BCUT2D eigenvalue weighted by Gasteiger charge is -2.40. The molecule has 1 rings (SSSR count). The second-order valence-electron chi connectivity index (χ2n) is 6.30. The summed E-state index contributed by atoms with van der Waals surface area (Å²) in [4.78, 5) is 14.4. The molecule has 0 aliphatic rings. The number of nitrogens with zero attached hydrogens (tertiary/aromatic N) is 1. The van der Waals surface area contributed by atoms with Gasteiger partial charge in [0, 0.05) is 18.6 Å². The molecule has 0 heterocycles. The molecule has 0 saturated carbocycles. The summed E-state index contributed by atoms with van der Waals surface area (Å²) >= 11 is 0. The number of halogens is 1. The topological polar surface area (TPSA) is 46.3 Å². The lowest BCUT2D eigenvalue weighted by atomic mass is 9.74. The maximum Gasteiger partial charge on any atom is 0.230 e. The van der Waals surface area contributed by atoms with E-state index in [2.05, 4.69) is 0 Å². The Labute approximate surface area is 121 Å². The Morgan fingerprint density at radius 3 is 2.35 bits per heavy atom. The minimum Gasteiger partial charge on any atom is -0.338 e. The van der Waals surface area contributed by atoms with Crippen molar-refractivity contribution >= 4 is 5.91 Å². The highest BCUT2D eigenvalue weighted by Gasteiger charge is 2.42. The Balaban J connectivity index is 2.94. The van der Waals surface area contributed by atoms with Gasteiger partial charge in [-0.05, 0) is 52.3 Å². The van der Waals surface area contributed by atoms with Crippen LogP contribution in [0.4, 0.5) is 4.39 Å². The van der Waals surface area contributed by atoms with Crippen LogP contribution < -0.4 is 5.73 Å². The van der Waals surface area contributed by atoms with Crippen molar-refractivity contribution in [2.75, 3.05) is 6.54 Å². The third-order valence-electron chi connectivity index (χ3n) is 4.08. The molecular weight excluding hydrogens is 255 g/mol. The summed E-state index contributed by atoms with van der Waals surface area (Å²) in [6.45, 7) is 10.3. The molecule has 2 N–H and O–H groups in total. The highest BCUT2D eigenvalue weighted by Crippen LogP contribution is 2.31. The normalized spacial score (nSPS) is 12.3. The van der Waals surface area contributed by atoms with Gasteiger partial charge < -0.3 is 10.6 Å². The molecule has 0 unspecified atom stereocenters. The van der Waals surface area contributed by atoms with Crippen LogP contribution in [0.5, 0.6) is 0 Å². The molecule has 20 heavy (non-hydrogen) atoms. The van der Waals surface area contributed by atoms with Crippen molar-refractivity contribution in [3.05, 3.63) is 35.6 Å². The van der Waals surface area contributed by atoms with Crippen LogP contribution in [0.2, 0.25) is 0 Å². The first kappa shape index (κ1) is 16.6. The zero-order valence-electron chi connectivity index (χ0n) is 13.0. The fourth-order valence-electron chi connectivity index (χ4n) is 1.85. The Kier molecular flexibility index (Phi) is 4.92. The Morgan fingerprint density at radius 2 is 1.90 bits per heavy atom. The van der Waals surface area contributed by atoms with Gasteiger partial charge in [0.25, 0.3) is 0 Å². The van der Waals surface area contributed by atoms with Crippen LogP contribution in [0.25, 0.3) is 0 Å². The fraction of sp³-hybridized carbons (Fsp3) is 0.562. The predicted molar refractivity (Wildman–Crippen MR) is 79.5 cm³/mol. The third kappa shape index (κ3) is 3.57. The molecule has 0 bridgehead atoms. The average Bonchev–Trinajstić information content (AvgIpc) is 2.33. The summed E-state index contributed by atoms with van der Waals surface area (Å²) < 4.78 is 13.2. The van der Waals surface area contributed by atoms with Gasteiger partial charge in [0.15, 0.2) is 0 Å². The van der Waals surface area contributed by atoms with E-state index < -0.39 is 11.0 Å². The first-order valence-electron chi connectivity index (χ1n) is 6.92. The average molecular weight is 280 g/mol. The molecular formula is C16H25FN2O. The van der Waals surface area contributed by atoms with E-state index in [1.165, 1.54) is 12.1 Å². The summed E-state index contributed by atoms with van der Waals surface area (Å²) in [5.41, 5.74) is 5.59. The van der Waals surface area contributed by atoms with Gasteiger partial charge in [-0.1, -0.05) is 12.1 Å². The molecule has 0 aliphatic carbocycles. The van der Waals surface area contributed by atoms with Gasteiger partial charge >= 0.3 is 0 Å². The van der Waals surface area contributed by atoms with Crippen LogP contribution in [0.1, 0.15) is 40.2 Å². The number of rotatable bonds is 5. The predicted octanol–water partition coefficient (Wildman–Crippen LogP) is 2.94. The van der Waals surface area contributed by atoms with Crippen LogP contribution in [0.15, 0.2) is 24.3 Å². The number of benzene rings is 1. The van der Waals surface area contributed by atoms with Gasteiger partial charge in [0.1, 0.15) is 5.82 Å². The van der Waals surface area contributed by atoms with Gasteiger partial charge in [-0.15, -0.1) is 0 Å². The van der Waals surface area contributed by atoms with Crippen LogP contribution in [-0.2, 0) is 11.3 Å². The molecule has 0 radical (unpaired) electrons. The summed E-state index contributed by atoms with van der Waals surface area (Å²) in [6, 6.07) is 6.33. The molecule has 1 aromatic carbocycles. The number of carbonyl (C=O) groups is 1. The molecule has 1 aromatic rings. The van der Waals surface area contributed by atoms with Crippen molar-refractivity contribution in [1.82, 2.24) is 4.90 Å². The highest BCUT2D eigenvalue weighted by atomic mass is 19.1. The second kappa shape index (κ2) is 5.92. The zero-order valence-corrected chi connectivity index (χ0v) is 13.0. The first-order valence-corrected chi connectivity index (χ1v) is 6.92. The first-order chi connectivity index (χ1) is 9.09. The summed E-state index contributed by atoms with van der Waals surface area (Å²) in [7, 11) is 0. The summed E-state index contributed by atoms with van der Waals surface area (Å²) in [5.74, 6) is -0.304. The molecule has 0 saturated heterocycles. The standard InChI is InChI=1S/C16H25FN2O/c1-6-19(11-12-8-7-9-13(17)10-12)14(20)15(2,3)16(4,5)18/h7-10H,6,11,18H2,1-5H3. The van der Waals surface area contributed by atoms with Crippen molar-refractivity contribution < 1.29 is 9.18 Å².